The molecule has 25 heavy (non-hydrogen) atoms. The van der Waals surface area contributed by atoms with E-state index in [0.717, 1.165) is 23.5 Å². The first-order valence-electron chi connectivity index (χ1n) is 9.71. The highest BCUT2D eigenvalue weighted by Crippen LogP contribution is 2.34. The van der Waals surface area contributed by atoms with E-state index in [1.54, 1.807) is 0 Å². The molecule has 0 amide bonds. The van der Waals surface area contributed by atoms with Crippen LogP contribution in [0.5, 0.6) is 0 Å². The normalized spacial score (nSPS) is 17.7. The maximum Gasteiger partial charge on any atom is 0.133 e. The van der Waals surface area contributed by atoms with Crippen molar-refractivity contribution in [1.82, 2.24) is 0 Å². The van der Waals surface area contributed by atoms with Crippen molar-refractivity contribution in [3.05, 3.63) is 83.9 Å². The van der Waals surface area contributed by atoms with Crippen LogP contribution in [0.1, 0.15) is 56.6 Å². The van der Waals surface area contributed by atoms with Crippen LogP contribution in [-0.2, 0) is 5.60 Å². The van der Waals surface area contributed by atoms with Crippen LogP contribution >= 0.6 is 0 Å². The summed E-state index contributed by atoms with van der Waals surface area (Å²) in [5, 5.41) is 11.5. The minimum Gasteiger partial charge on any atom is -0.377 e. The SMILES string of the molecule is CC(CC=CC(O)(c1ccccc1)c1ccccc1)C1CCCCC1. The van der Waals surface area contributed by atoms with Gasteiger partial charge in [-0.1, -0.05) is 106 Å². The number of rotatable bonds is 6. The molecule has 0 spiro atoms. The Hall–Kier alpha value is -1.86. The highest BCUT2D eigenvalue weighted by molar-refractivity contribution is 5.40. The van der Waals surface area contributed by atoms with Crippen molar-refractivity contribution in [2.45, 2.75) is 51.0 Å². The molecule has 1 atom stereocenters. The highest BCUT2D eigenvalue weighted by atomic mass is 16.3. The summed E-state index contributed by atoms with van der Waals surface area (Å²) < 4.78 is 0. The number of hydrogen-bond donors (Lipinski definition) is 1. The van der Waals surface area contributed by atoms with Crippen molar-refractivity contribution < 1.29 is 5.11 Å². The van der Waals surface area contributed by atoms with Gasteiger partial charge in [0.2, 0.25) is 0 Å². The van der Waals surface area contributed by atoms with Crippen molar-refractivity contribution in [2.24, 2.45) is 11.8 Å². The molecule has 132 valence electrons. The Morgan fingerprint density at radius 3 is 1.96 bits per heavy atom. The predicted molar refractivity (Wildman–Crippen MR) is 105 cm³/mol. The van der Waals surface area contributed by atoms with Crippen molar-refractivity contribution in [1.29, 1.82) is 0 Å². The lowest BCUT2D eigenvalue weighted by atomic mass is 9.79. The molecule has 2 aromatic carbocycles. The molecule has 1 fully saturated rings. The standard InChI is InChI=1S/C24H30O/c1-20(21-13-5-2-6-14-21)12-11-19-24(25,22-15-7-3-8-16-22)23-17-9-4-10-18-23/h3-4,7-11,15-21,25H,2,5-6,12-14H2,1H3. The van der Waals surface area contributed by atoms with Crippen LogP contribution < -0.4 is 0 Å². The molecule has 0 saturated heterocycles. The minimum absolute atomic E-state index is 0.687. The zero-order valence-electron chi connectivity index (χ0n) is 15.3. The molecule has 2 aromatic rings. The highest BCUT2D eigenvalue weighted by Gasteiger charge is 2.28. The number of aliphatic hydroxyl groups is 1. The van der Waals surface area contributed by atoms with E-state index in [2.05, 4.69) is 13.0 Å². The fourth-order valence-corrected chi connectivity index (χ4v) is 4.09. The van der Waals surface area contributed by atoms with E-state index in [0.29, 0.717) is 5.92 Å². The Morgan fingerprint density at radius 2 is 1.44 bits per heavy atom. The molecule has 0 heterocycles. The third kappa shape index (κ3) is 4.41. The predicted octanol–water partition coefficient (Wildman–Crippen LogP) is 6.09. The first-order chi connectivity index (χ1) is 12.2. The molecular weight excluding hydrogens is 304 g/mol. The van der Waals surface area contributed by atoms with Gasteiger partial charge in [0.25, 0.3) is 0 Å². The third-order valence-corrected chi connectivity index (χ3v) is 5.75. The van der Waals surface area contributed by atoms with Crippen LogP contribution in [-0.4, -0.2) is 5.11 Å². The molecule has 1 N–H and O–H groups in total. The van der Waals surface area contributed by atoms with Crippen LogP contribution in [0.4, 0.5) is 0 Å². The van der Waals surface area contributed by atoms with Crippen LogP contribution in [0.15, 0.2) is 72.8 Å². The van der Waals surface area contributed by atoms with E-state index in [4.69, 9.17) is 0 Å². The molecule has 0 radical (unpaired) electrons. The van der Waals surface area contributed by atoms with Gasteiger partial charge in [-0.3, -0.25) is 0 Å². The van der Waals surface area contributed by atoms with Gasteiger partial charge in [-0.05, 0) is 35.5 Å². The summed E-state index contributed by atoms with van der Waals surface area (Å²) in [5.74, 6) is 1.53. The second-order valence-corrected chi connectivity index (χ2v) is 7.51. The average Bonchev–Trinajstić information content (AvgIpc) is 2.70. The Labute approximate surface area is 152 Å². The van der Waals surface area contributed by atoms with Crippen LogP contribution in [0, 0.1) is 11.8 Å². The van der Waals surface area contributed by atoms with Gasteiger partial charge in [-0.2, -0.15) is 0 Å². The summed E-state index contributed by atoms with van der Waals surface area (Å²) in [5.41, 5.74) is 0.778. The van der Waals surface area contributed by atoms with Crippen molar-refractivity contribution >= 4 is 0 Å². The summed E-state index contributed by atoms with van der Waals surface area (Å²) in [6.45, 7) is 2.37. The number of hydrogen-bond acceptors (Lipinski definition) is 1. The summed E-state index contributed by atoms with van der Waals surface area (Å²) in [4.78, 5) is 0. The monoisotopic (exact) mass is 334 g/mol. The molecule has 0 bridgehead atoms. The van der Waals surface area contributed by atoms with Crippen molar-refractivity contribution in [3.8, 4) is 0 Å². The van der Waals surface area contributed by atoms with Crippen molar-refractivity contribution in [2.75, 3.05) is 0 Å². The van der Waals surface area contributed by atoms with Gasteiger partial charge >= 0.3 is 0 Å². The molecule has 1 aliphatic rings. The first kappa shape index (κ1) is 17.9. The quantitative estimate of drug-likeness (QED) is 0.634. The summed E-state index contributed by atoms with van der Waals surface area (Å²) in [6, 6.07) is 19.9. The molecule has 1 aliphatic carbocycles. The lowest BCUT2D eigenvalue weighted by Gasteiger charge is -2.28. The lowest BCUT2D eigenvalue weighted by Crippen LogP contribution is -2.24. The van der Waals surface area contributed by atoms with Crippen LogP contribution in [0.3, 0.4) is 0 Å². The van der Waals surface area contributed by atoms with E-state index in [-0.39, 0.29) is 0 Å². The van der Waals surface area contributed by atoms with Gasteiger partial charge in [0.15, 0.2) is 0 Å². The Kier molecular flexibility index (Phi) is 6.09. The second kappa shape index (κ2) is 8.49. The summed E-state index contributed by atoms with van der Waals surface area (Å²) in [6.07, 6.45) is 12.1. The number of benzene rings is 2. The zero-order valence-corrected chi connectivity index (χ0v) is 15.3. The molecule has 1 unspecified atom stereocenters. The van der Waals surface area contributed by atoms with Gasteiger partial charge in [0, 0.05) is 0 Å². The van der Waals surface area contributed by atoms with E-state index in [1.165, 1.54) is 32.1 Å². The molecule has 0 aromatic heterocycles. The Balaban J connectivity index is 1.78. The molecule has 3 rings (SSSR count). The number of allylic oxidation sites excluding steroid dienone is 1. The first-order valence-corrected chi connectivity index (χ1v) is 9.71. The maximum absolute atomic E-state index is 11.5. The van der Waals surface area contributed by atoms with E-state index >= 15 is 0 Å². The second-order valence-electron chi connectivity index (χ2n) is 7.51. The van der Waals surface area contributed by atoms with Gasteiger partial charge < -0.3 is 5.11 Å². The average molecular weight is 335 g/mol. The molecule has 1 nitrogen and oxygen atoms in total. The van der Waals surface area contributed by atoms with Gasteiger partial charge in [0.1, 0.15) is 5.60 Å². The smallest absolute Gasteiger partial charge is 0.133 e. The zero-order chi connectivity index (χ0) is 17.5. The fraction of sp³-hybridized carbons (Fsp3) is 0.417. The van der Waals surface area contributed by atoms with Crippen LogP contribution in [0.2, 0.25) is 0 Å². The van der Waals surface area contributed by atoms with Gasteiger partial charge in [-0.15, -0.1) is 0 Å². The van der Waals surface area contributed by atoms with Crippen LogP contribution in [0.25, 0.3) is 0 Å². The third-order valence-electron chi connectivity index (χ3n) is 5.75. The molecular formula is C24H30O. The largest absolute Gasteiger partial charge is 0.377 e. The molecule has 1 heteroatoms. The maximum atomic E-state index is 11.5. The van der Waals surface area contributed by atoms with Crippen molar-refractivity contribution in [3.63, 3.8) is 0 Å². The molecule has 1 saturated carbocycles. The topological polar surface area (TPSA) is 20.2 Å². The fourth-order valence-electron chi connectivity index (χ4n) is 4.09. The van der Waals surface area contributed by atoms with Gasteiger partial charge in [0.05, 0.1) is 0 Å². The van der Waals surface area contributed by atoms with Gasteiger partial charge in [-0.25, -0.2) is 0 Å². The Morgan fingerprint density at radius 1 is 0.920 bits per heavy atom. The van der Waals surface area contributed by atoms with E-state index in [9.17, 15) is 5.11 Å². The summed E-state index contributed by atoms with van der Waals surface area (Å²) >= 11 is 0. The summed E-state index contributed by atoms with van der Waals surface area (Å²) in [7, 11) is 0. The Bertz CT molecular complexity index is 614. The molecule has 0 aliphatic heterocycles. The van der Waals surface area contributed by atoms with E-state index in [1.807, 2.05) is 66.7 Å². The minimum atomic E-state index is -1.06. The van der Waals surface area contributed by atoms with E-state index < -0.39 is 5.60 Å². The lowest BCUT2D eigenvalue weighted by molar-refractivity contribution is 0.134.